The van der Waals surface area contributed by atoms with Crippen LogP contribution in [0.4, 0.5) is 16.5 Å². The predicted molar refractivity (Wildman–Crippen MR) is 122 cm³/mol. The molecule has 1 atom stereocenters. The zero-order valence-electron chi connectivity index (χ0n) is 17.0. The van der Waals surface area contributed by atoms with Crippen LogP contribution >= 0.6 is 11.5 Å². The van der Waals surface area contributed by atoms with Gasteiger partial charge in [0.25, 0.3) is 0 Å². The van der Waals surface area contributed by atoms with Crippen molar-refractivity contribution in [3.8, 4) is 0 Å². The summed E-state index contributed by atoms with van der Waals surface area (Å²) in [5.74, 6) is 0.999. The summed E-state index contributed by atoms with van der Waals surface area (Å²) in [7, 11) is 4.12. The summed E-state index contributed by atoms with van der Waals surface area (Å²) < 4.78 is 4.76. The Morgan fingerprint density at radius 2 is 1.76 bits per heavy atom. The van der Waals surface area contributed by atoms with Gasteiger partial charge >= 0.3 is 0 Å². The average molecular weight is 409 g/mol. The highest BCUT2D eigenvalue weighted by molar-refractivity contribution is 7.09. The van der Waals surface area contributed by atoms with Crippen LogP contribution in [-0.4, -0.2) is 49.6 Å². The first-order valence-electron chi connectivity index (χ1n) is 10.0. The van der Waals surface area contributed by atoms with Gasteiger partial charge in [-0.3, -0.25) is 0 Å². The maximum Gasteiger partial charge on any atom is 0.205 e. The molecule has 2 heterocycles. The number of piperazine rings is 1. The highest BCUT2D eigenvalue weighted by Crippen LogP contribution is 2.31. The topological polar surface area (TPSA) is 70.3 Å². The maximum absolute atomic E-state index is 5.92. The SMILES string of the molecule is CN(C)c1ccc(CC(c2ccc(N)cc2)c2nsc(N3CCNCC3)n2)cc1. The number of hydrogen-bond acceptors (Lipinski definition) is 7. The van der Waals surface area contributed by atoms with E-state index in [-0.39, 0.29) is 5.92 Å². The van der Waals surface area contributed by atoms with Gasteiger partial charge in [-0.05, 0) is 41.8 Å². The predicted octanol–water partition coefficient (Wildman–Crippen LogP) is 2.97. The van der Waals surface area contributed by atoms with E-state index >= 15 is 0 Å². The van der Waals surface area contributed by atoms with Crippen LogP contribution in [-0.2, 0) is 6.42 Å². The van der Waals surface area contributed by atoms with Gasteiger partial charge in [-0.2, -0.15) is 4.37 Å². The van der Waals surface area contributed by atoms with Gasteiger partial charge < -0.3 is 20.9 Å². The molecule has 1 aromatic heterocycles. The molecule has 1 aliphatic heterocycles. The summed E-state index contributed by atoms with van der Waals surface area (Å²) in [6.45, 7) is 3.95. The molecule has 4 rings (SSSR count). The van der Waals surface area contributed by atoms with Crippen molar-refractivity contribution in [1.29, 1.82) is 0 Å². The molecule has 2 aromatic carbocycles. The largest absolute Gasteiger partial charge is 0.399 e. The summed E-state index contributed by atoms with van der Waals surface area (Å²) in [6, 6.07) is 16.8. The van der Waals surface area contributed by atoms with Gasteiger partial charge in [0.05, 0.1) is 0 Å². The van der Waals surface area contributed by atoms with E-state index in [1.165, 1.54) is 28.3 Å². The summed E-state index contributed by atoms with van der Waals surface area (Å²) >= 11 is 1.50. The lowest BCUT2D eigenvalue weighted by atomic mass is 9.91. The van der Waals surface area contributed by atoms with E-state index in [0.29, 0.717) is 0 Å². The van der Waals surface area contributed by atoms with Crippen molar-refractivity contribution in [2.75, 3.05) is 55.8 Å². The monoisotopic (exact) mass is 408 g/mol. The summed E-state index contributed by atoms with van der Waals surface area (Å²) in [5, 5.41) is 4.41. The smallest absolute Gasteiger partial charge is 0.205 e. The molecule has 3 N–H and O–H groups in total. The lowest BCUT2D eigenvalue weighted by Crippen LogP contribution is -2.43. The van der Waals surface area contributed by atoms with Gasteiger partial charge in [0, 0.05) is 69.1 Å². The van der Waals surface area contributed by atoms with E-state index in [9.17, 15) is 0 Å². The first-order chi connectivity index (χ1) is 14.1. The van der Waals surface area contributed by atoms with Crippen LogP contribution in [0, 0.1) is 0 Å². The third-order valence-corrected chi connectivity index (χ3v) is 6.15. The summed E-state index contributed by atoms with van der Waals surface area (Å²) in [6.07, 6.45) is 0.857. The highest BCUT2D eigenvalue weighted by Gasteiger charge is 2.22. The quantitative estimate of drug-likeness (QED) is 0.611. The molecule has 1 unspecified atom stereocenters. The van der Waals surface area contributed by atoms with Crippen molar-refractivity contribution in [2.45, 2.75) is 12.3 Å². The second-order valence-corrected chi connectivity index (χ2v) is 8.39. The Morgan fingerprint density at radius 1 is 1.07 bits per heavy atom. The van der Waals surface area contributed by atoms with Gasteiger partial charge in [0.1, 0.15) is 0 Å². The Bertz CT molecular complexity index is 913. The molecule has 1 fully saturated rings. The van der Waals surface area contributed by atoms with Gasteiger partial charge in [0.2, 0.25) is 5.13 Å². The summed E-state index contributed by atoms with van der Waals surface area (Å²) in [4.78, 5) is 9.38. The van der Waals surface area contributed by atoms with E-state index in [1.807, 2.05) is 12.1 Å². The minimum absolute atomic E-state index is 0.105. The lowest BCUT2D eigenvalue weighted by molar-refractivity contribution is 0.587. The fraction of sp³-hybridized carbons (Fsp3) is 0.364. The molecule has 0 bridgehead atoms. The van der Waals surface area contributed by atoms with Crippen molar-refractivity contribution in [3.05, 3.63) is 65.5 Å². The lowest BCUT2D eigenvalue weighted by Gasteiger charge is -2.26. The Balaban J connectivity index is 1.61. The van der Waals surface area contributed by atoms with Gasteiger partial charge in [0.15, 0.2) is 5.82 Å². The first-order valence-corrected chi connectivity index (χ1v) is 10.8. The molecule has 29 heavy (non-hydrogen) atoms. The van der Waals surface area contributed by atoms with Crippen molar-refractivity contribution < 1.29 is 0 Å². The Kier molecular flexibility index (Phi) is 5.97. The standard InChI is InChI=1S/C22H28N6S/c1-27(2)19-9-3-16(4-10-19)15-20(17-5-7-18(23)8-6-17)21-25-22(29-26-21)28-13-11-24-12-14-28/h3-10,20,24H,11-15,23H2,1-2H3. The van der Waals surface area contributed by atoms with Crippen LogP contribution in [0.5, 0.6) is 0 Å². The number of aromatic nitrogens is 2. The Labute approximate surface area is 176 Å². The number of nitrogens with zero attached hydrogens (tertiary/aromatic N) is 4. The van der Waals surface area contributed by atoms with E-state index in [1.54, 1.807) is 0 Å². The number of anilines is 3. The van der Waals surface area contributed by atoms with E-state index < -0.39 is 0 Å². The van der Waals surface area contributed by atoms with Gasteiger partial charge in [-0.25, -0.2) is 4.98 Å². The van der Waals surface area contributed by atoms with E-state index in [4.69, 9.17) is 15.1 Å². The first kappa shape index (κ1) is 19.7. The van der Waals surface area contributed by atoms with Gasteiger partial charge in [-0.15, -0.1) is 0 Å². The molecule has 152 valence electrons. The van der Waals surface area contributed by atoms with Crippen molar-refractivity contribution in [3.63, 3.8) is 0 Å². The molecule has 0 spiro atoms. The van der Waals surface area contributed by atoms with Crippen molar-refractivity contribution in [1.82, 2.24) is 14.7 Å². The highest BCUT2D eigenvalue weighted by atomic mass is 32.1. The van der Waals surface area contributed by atoms with Crippen LogP contribution in [0.1, 0.15) is 22.9 Å². The van der Waals surface area contributed by atoms with Gasteiger partial charge in [-0.1, -0.05) is 24.3 Å². The second kappa shape index (κ2) is 8.80. The number of nitrogens with two attached hydrogens (primary N) is 1. The Morgan fingerprint density at radius 3 is 2.41 bits per heavy atom. The molecule has 7 heteroatoms. The second-order valence-electron chi connectivity index (χ2n) is 7.66. The van der Waals surface area contributed by atoms with Crippen molar-refractivity contribution >= 4 is 28.0 Å². The molecular weight excluding hydrogens is 380 g/mol. The van der Waals surface area contributed by atoms with Crippen LogP contribution in [0.25, 0.3) is 0 Å². The third-order valence-electron chi connectivity index (χ3n) is 5.36. The van der Waals surface area contributed by atoms with Crippen LogP contribution < -0.4 is 20.9 Å². The zero-order chi connectivity index (χ0) is 20.2. The molecule has 3 aromatic rings. The fourth-order valence-electron chi connectivity index (χ4n) is 3.60. The zero-order valence-corrected chi connectivity index (χ0v) is 17.8. The number of benzene rings is 2. The molecule has 0 saturated carbocycles. The number of nitrogens with one attached hydrogen (secondary N) is 1. The number of rotatable bonds is 6. The van der Waals surface area contributed by atoms with Crippen molar-refractivity contribution in [2.24, 2.45) is 0 Å². The minimum Gasteiger partial charge on any atom is -0.399 e. The van der Waals surface area contributed by atoms with Crippen LogP contribution in [0.2, 0.25) is 0 Å². The molecule has 0 aliphatic carbocycles. The molecule has 6 nitrogen and oxygen atoms in total. The number of nitrogen functional groups attached to an aromatic ring is 1. The Hall–Kier alpha value is -2.64. The third kappa shape index (κ3) is 4.68. The molecule has 1 aliphatic rings. The average Bonchev–Trinajstić information content (AvgIpc) is 3.24. The minimum atomic E-state index is 0.105. The molecule has 1 saturated heterocycles. The summed E-state index contributed by atoms with van der Waals surface area (Å²) in [5.41, 5.74) is 10.4. The van der Waals surface area contributed by atoms with E-state index in [0.717, 1.165) is 49.2 Å². The van der Waals surface area contributed by atoms with Crippen LogP contribution in [0.3, 0.4) is 0 Å². The van der Waals surface area contributed by atoms with E-state index in [2.05, 4.69) is 65.6 Å². The number of hydrogen-bond donors (Lipinski definition) is 2. The molecular formula is C22H28N6S. The normalized spacial score (nSPS) is 15.3. The van der Waals surface area contributed by atoms with Crippen LogP contribution in [0.15, 0.2) is 48.5 Å². The molecule has 0 radical (unpaired) electrons. The maximum atomic E-state index is 5.92. The molecule has 0 amide bonds. The fourth-order valence-corrected chi connectivity index (χ4v) is 4.38.